The highest BCUT2D eigenvalue weighted by Crippen LogP contribution is 2.08. The molecular formula is C18H20N2O3S. The number of aromatic nitrogens is 2. The molecule has 126 valence electrons. The van der Waals surface area contributed by atoms with Crippen molar-refractivity contribution in [2.45, 2.75) is 18.4 Å². The number of imidazole rings is 1. The van der Waals surface area contributed by atoms with Crippen molar-refractivity contribution in [3.05, 3.63) is 84.4 Å². The Hall–Kier alpha value is -2.44. The molecule has 6 heteroatoms. The second kappa shape index (κ2) is 7.90. The maximum atomic E-state index is 10.4. The van der Waals surface area contributed by atoms with Gasteiger partial charge in [0.1, 0.15) is 29.1 Å². The Morgan fingerprint density at radius 1 is 1.04 bits per heavy atom. The van der Waals surface area contributed by atoms with Crippen LogP contribution in [-0.2, 0) is 23.7 Å². The van der Waals surface area contributed by atoms with Crippen LogP contribution in [0.3, 0.4) is 0 Å². The minimum atomic E-state index is -4.27. The van der Waals surface area contributed by atoms with E-state index in [1.807, 2.05) is 30.8 Å². The molecule has 0 saturated carbocycles. The standard InChI is InChI=1S/C11H13N2.C7H8O3S/c1-12-7-8-13(10-12)9-11-5-3-2-4-6-11;1-6-2-4-7(5-3-6)11(8,9)10/h2-8,10H,9H2,1H3;2-5H,1H3,(H,8,9,10)/q+1;/p-1. The van der Waals surface area contributed by atoms with Crippen LogP contribution in [0, 0.1) is 6.92 Å². The van der Waals surface area contributed by atoms with Crippen molar-refractivity contribution >= 4 is 10.1 Å². The largest absolute Gasteiger partial charge is 0.744 e. The van der Waals surface area contributed by atoms with Gasteiger partial charge in [-0.3, -0.25) is 0 Å². The van der Waals surface area contributed by atoms with E-state index in [0.717, 1.165) is 12.1 Å². The van der Waals surface area contributed by atoms with Crippen LogP contribution >= 0.6 is 0 Å². The third-order valence-electron chi connectivity index (χ3n) is 3.34. The number of hydrogen-bond donors (Lipinski definition) is 0. The highest BCUT2D eigenvalue weighted by Gasteiger charge is 2.00. The normalized spacial score (nSPS) is 10.8. The highest BCUT2D eigenvalue weighted by molar-refractivity contribution is 7.85. The summed E-state index contributed by atoms with van der Waals surface area (Å²) < 4.78 is 35.4. The average Bonchev–Trinajstić information content (AvgIpc) is 2.93. The molecule has 1 heterocycles. The second-order valence-electron chi connectivity index (χ2n) is 5.50. The van der Waals surface area contributed by atoms with Gasteiger partial charge in [0, 0.05) is 0 Å². The molecule has 0 bridgehead atoms. The predicted octanol–water partition coefficient (Wildman–Crippen LogP) is 2.26. The first kappa shape index (κ1) is 17.9. The molecule has 0 amide bonds. The first-order valence-corrected chi connectivity index (χ1v) is 8.83. The summed E-state index contributed by atoms with van der Waals surface area (Å²) in [7, 11) is -2.24. The van der Waals surface area contributed by atoms with Crippen LogP contribution in [0.25, 0.3) is 0 Å². The van der Waals surface area contributed by atoms with Crippen molar-refractivity contribution in [3.63, 3.8) is 0 Å². The second-order valence-corrected chi connectivity index (χ2v) is 6.88. The lowest BCUT2D eigenvalue weighted by Gasteiger charge is -2.05. The molecule has 0 N–H and O–H groups in total. The fourth-order valence-corrected chi connectivity index (χ4v) is 2.56. The molecule has 5 nitrogen and oxygen atoms in total. The molecule has 0 fully saturated rings. The van der Waals surface area contributed by atoms with Crippen LogP contribution in [0.2, 0.25) is 0 Å². The van der Waals surface area contributed by atoms with Gasteiger partial charge in [-0.15, -0.1) is 0 Å². The van der Waals surface area contributed by atoms with Gasteiger partial charge in [0.05, 0.1) is 11.9 Å². The summed E-state index contributed by atoms with van der Waals surface area (Å²) in [5.74, 6) is 0. The van der Waals surface area contributed by atoms with Gasteiger partial charge < -0.3 is 4.55 Å². The van der Waals surface area contributed by atoms with Crippen LogP contribution in [-0.4, -0.2) is 17.5 Å². The molecular weight excluding hydrogens is 324 g/mol. The van der Waals surface area contributed by atoms with Gasteiger partial charge in [-0.05, 0) is 24.6 Å². The molecule has 0 saturated heterocycles. The minimum absolute atomic E-state index is 0.178. The lowest BCUT2D eigenvalue weighted by Crippen LogP contribution is -2.23. The van der Waals surface area contributed by atoms with Gasteiger partial charge in [0.2, 0.25) is 6.33 Å². The molecule has 3 rings (SSSR count). The summed E-state index contributed by atoms with van der Waals surface area (Å²) in [6.07, 6.45) is 6.20. The smallest absolute Gasteiger partial charge is 0.243 e. The summed E-state index contributed by atoms with van der Waals surface area (Å²) >= 11 is 0. The van der Waals surface area contributed by atoms with Gasteiger partial charge in [0.25, 0.3) is 0 Å². The van der Waals surface area contributed by atoms with E-state index in [1.165, 1.54) is 17.7 Å². The number of rotatable bonds is 3. The first-order chi connectivity index (χ1) is 11.3. The highest BCUT2D eigenvalue weighted by atomic mass is 32.2. The number of hydrogen-bond acceptors (Lipinski definition) is 3. The fourth-order valence-electron chi connectivity index (χ4n) is 2.09. The van der Waals surface area contributed by atoms with Gasteiger partial charge in [-0.1, -0.05) is 48.0 Å². The maximum absolute atomic E-state index is 10.4. The Bertz CT molecular complexity index is 870. The zero-order chi connectivity index (χ0) is 17.6. The quantitative estimate of drug-likeness (QED) is 0.541. The summed E-state index contributed by atoms with van der Waals surface area (Å²) in [4.78, 5) is -0.178. The van der Waals surface area contributed by atoms with Gasteiger partial charge in [0.15, 0.2) is 0 Å². The van der Waals surface area contributed by atoms with Crippen LogP contribution in [0.1, 0.15) is 11.1 Å². The van der Waals surface area contributed by atoms with E-state index in [2.05, 4.69) is 41.4 Å². The Balaban J connectivity index is 0.000000177. The molecule has 0 aliphatic rings. The summed E-state index contributed by atoms with van der Waals surface area (Å²) in [5.41, 5.74) is 2.26. The number of aryl methyl sites for hydroxylation is 2. The molecule has 3 aromatic rings. The van der Waals surface area contributed by atoms with E-state index in [4.69, 9.17) is 0 Å². The van der Waals surface area contributed by atoms with Gasteiger partial charge in [-0.2, -0.15) is 0 Å². The van der Waals surface area contributed by atoms with E-state index in [0.29, 0.717) is 0 Å². The first-order valence-electron chi connectivity index (χ1n) is 7.42. The topological polar surface area (TPSA) is 66.0 Å². The average molecular weight is 344 g/mol. The molecule has 0 unspecified atom stereocenters. The maximum Gasteiger partial charge on any atom is 0.243 e. The third-order valence-corrected chi connectivity index (χ3v) is 4.19. The van der Waals surface area contributed by atoms with Crippen molar-refractivity contribution in [2.24, 2.45) is 7.05 Å². The van der Waals surface area contributed by atoms with Gasteiger partial charge in [-0.25, -0.2) is 17.6 Å². The van der Waals surface area contributed by atoms with Crippen molar-refractivity contribution in [1.29, 1.82) is 0 Å². The molecule has 1 aromatic heterocycles. The predicted molar refractivity (Wildman–Crippen MR) is 90.3 cm³/mol. The molecule has 0 radical (unpaired) electrons. The Kier molecular flexibility index (Phi) is 5.89. The van der Waals surface area contributed by atoms with E-state index in [-0.39, 0.29) is 4.90 Å². The Morgan fingerprint density at radius 2 is 1.67 bits per heavy atom. The Labute approximate surface area is 142 Å². The SMILES string of the molecule is C[n+]1ccn(Cc2ccccc2)c1.Cc1ccc(S(=O)(=O)[O-])cc1. The van der Waals surface area contributed by atoms with Crippen LogP contribution in [0.4, 0.5) is 0 Å². The van der Waals surface area contributed by atoms with E-state index < -0.39 is 10.1 Å². The summed E-state index contributed by atoms with van der Waals surface area (Å²) in [6.45, 7) is 2.77. The van der Waals surface area contributed by atoms with Gasteiger partial charge >= 0.3 is 0 Å². The van der Waals surface area contributed by atoms with E-state index in [9.17, 15) is 13.0 Å². The van der Waals surface area contributed by atoms with E-state index in [1.54, 1.807) is 12.1 Å². The zero-order valence-corrected chi connectivity index (χ0v) is 14.5. The third kappa shape index (κ3) is 5.64. The van der Waals surface area contributed by atoms with Crippen molar-refractivity contribution < 1.29 is 17.5 Å². The number of benzene rings is 2. The van der Waals surface area contributed by atoms with Crippen LogP contribution in [0.5, 0.6) is 0 Å². The molecule has 0 spiro atoms. The minimum Gasteiger partial charge on any atom is -0.744 e. The molecule has 24 heavy (non-hydrogen) atoms. The molecule has 0 aliphatic carbocycles. The molecule has 2 aromatic carbocycles. The number of nitrogens with zero attached hydrogens (tertiary/aromatic N) is 2. The Morgan fingerprint density at radius 3 is 2.17 bits per heavy atom. The molecule has 0 aliphatic heterocycles. The summed E-state index contributed by atoms with van der Waals surface area (Å²) in [5, 5.41) is 0. The lowest BCUT2D eigenvalue weighted by atomic mass is 10.2. The lowest BCUT2D eigenvalue weighted by molar-refractivity contribution is -0.671. The van der Waals surface area contributed by atoms with Crippen molar-refractivity contribution in [2.75, 3.05) is 0 Å². The van der Waals surface area contributed by atoms with Crippen molar-refractivity contribution in [3.8, 4) is 0 Å². The van der Waals surface area contributed by atoms with Crippen LogP contribution < -0.4 is 4.57 Å². The summed E-state index contributed by atoms with van der Waals surface area (Å²) in [6, 6.07) is 16.2. The zero-order valence-electron chi connectivity index (χ0n) is 13.7. The fraction of sp³-hybridized carbons (Fsp3) is 0.167. The van der Waals surface area contributed by atoms with E-state index >= 15 is 0 Å². The van der Waals surface area contributed by atoms with Crippen molar-refractivity contribution in [1.82, 2.24) is 4.57 Å². The van der Waals surface area contributed by atoms with Crippen LogP contribution in [0.15, 0.2) is 78.2 Å². The molecule has 0 atom stereocenters. The monoisotopic (exact) mass is 344 g/mol.